The van der Waals surface area contributed by atoms with Gasteiger partial charge in [0, 0.05) is 6.61 Å². The molecule has 0 fully saturated rings. The standard InChI is InChI=1S/C10H20O4/c1-8(2)4-5-13-6-7-14-9(3)10(11)12/h8-9H,4-7H2,1-3H3,(H,11,12)/t9-/m1/s1. The van der Waals surface area contributed by atoms with Gasteiger partial charge in [-0.2, -0.15) is 0 Å². The second kappa shape index (κ2) is 7.76. The van der Waals surface area contributed by atoms with Gasteiger partial charge in [0.1, 0.15) is 0 Å². The van der Waals surface area contributed by atoms with Crippen LogP contribution < -0.4 is 0 Å². The smallest absolute Gasteiger partial charge is 0.332 e. The fourth-order valence-electron chi connectivity index (χ4n) is 0.776. The van der Waals surface area contributed by atoms with Crippen molar-refractivity contribution < 1.29 is 19.4 Å². The van der Waals surface area contributed by atoms with E-state index in [1.165, 1.54) is 6.92 Å². The average molecular weight is 204 g/mol. The molecule has 0 aromatic carbocycles. The van der Waals surface area contributed by atoms with Crippen LogP contribution >= 0.6 is 0 Å². The quantitative estimate of drug-likeness (QED) is 0.609. The predicted octanol–water partition coefficient (Wildman–Crippen LogP) is 1.54. The Morgan fingerprint density at radius 3 is 2.36 bits per heavy atom. The second-order valence-corrected chi connectivity index (χ2v) is 3.65. The van der Waals surface area contributed by atoms with Crippen LogP contribution in [0.5, 0.6) is 0 Å². The molecular formula is C10H20O4. The SMILES string of the molecule is CC(C)CCOCCO[C@H](C)C(=O)O. The largest absolute Gasteiger partial charge is 0.479 e. The monoisotopic (exact) mass is 204 g/mol. The van der Waals surface area contributed by atoms with Crippen LogP contribution in [0.2, 0.25) is 0 Å². The summed E-state index contributed by atoms with van der Waals surface area (Å²) in [5, 5.41) is 8.49. The van der Waals surface area contributed by atoms with Gasteiger partial charge in [0.2, 0.25) is 0 Å². The number of carboxylic acid groups (broad SMARTS) is 1. The maximum absolute atomic E-state index is 10.3. The summed E-state index contributed by atoms with van der Waals surface area (Å²) in [5.41, 5.74) is 0. The third-order valence-corrected chi connectivity index (χ3v) is 1.78. The molecule has 0 aliphatic rings. The number of rotatable bonds is 8. The molecule has 0 bridgehead atoms. The van der Waals surface area contributed by atoms with Crippen LogP contribution in [0.15, 0.2) is 0 Å². The molecule has 0 aromatic rings. The minimum Gasteiger partial charge on any atom is -0.479 e. The van der Waals surface area contributed by atoms with E-state index in [1.54, 1.807) is 0 Å². The number of hydrogen-bond donors (Lipinski definition) is 1. The number of ether oxygens (including phenoxy) is 2. The van der Waals surface area contributed by atoms with Crippen molar-refractivity contribution in [2.24, 2.45) is 5.92 Å². The lowest BCUT2D eigenvalue weighted by molar-refractivity contribution is -0.149. The van der Waals surface area contributed by atoms with Gasteiger partial charge in [0.15, 0.2) is 6.10 Å². The summed E-state index contributed by atoms with van der Waals surface area (Å²) in [4.78, 5) is 10.3. The summed E-state index contributed by atoms with van der Waals surface area (Å²) < 4.78 is 10.2. The van der Waals surface area contributed by atoms with Gasteiger partial charge in [0.05, 0.1) is 13.2 Å². The molecule has 4 heteroatoms. The molecule has 0 radical (unpaired) electrons. The van der Waals surface area contributed by atoms with Gasteiger partial charge in [-0.05, 0) is 19.3 Å². The number of carboxylic acids is 1. The summed E-state index contributed by atoms with van der Waals surface area (Å²) in [6.07, 6.45) is 0.276. The van der Waals surface area contributed by atoms with Crippen LogP contribution in [-0.2, 0) is 14.3 Å². The normalized spacial score (nSPS) is 13.1. The van der Waals surface area contributed by atoms with Crippen molar-refractivity contribution in [3.8, 4) is 0 Å². The van der Waals surface area contributed by atoms with E-state index in [9.17, 15) is 4.79 Å². The minimum atomic E-state index is -0.938. The highest BCUT2D eigenvalue weighted by Gasteiger charge is 2.09. The highest BCUT2D eigenvalue weighted by molar-refractivity contribution is 5.71. The molecular weight excluding hydrogens is 184 g/mol. The molecule has 0 aromatic heterocycles. The number of hydrogen-bond acceptors (Lipinski definition) is 3. The Morgan fingerprint density at radius 1 is 1.21 bits per heavy atom. The lowest BCUT2D eigenvalue weighted by Gasteiger charge is -2.09. The minimum absolute atomic E-state index is 0.339. The van der Waals surface area contributed by atoms with Crippen molar-refractivity contribution in [1.29, 1.82) is 0 Å². The topological polar surface area (TPSA) is 55.8 Å². The predicted molar refractivity (Wildman–Crippen MR) is 53.3 cm³/mol. The molecule has 0 spiro atoms. The molecule has 1 N–H and O–H groups in total. The van der Waals surface area contributed by atoms with E-state index < -0.39 is 12.1 Å². The Hall–Kier alpha value is -0.610. The van der Waals surface area contributed by atoms with E-state index in [-0.39, 0.29) is 0 Å². The average Bonchev–Trinajstić information content (AvgIpc) is 2.09. The molecule has 0 rings (SSSR count). The molecule has 0 unspecified atom stereocenters. The second-order valence-electron chi connectivity index (χ2n) is 3.65. The molecule has 0 aliphatic carbocycles. The van der Waals surface area contributed by atoms with Crippen LogP contribution in [0.4, 0.5) is 0 Å². The number of aliphatic carboxylic acids is 1. The van der Waals surface area contributed by atoms with E-state index in [1.807, 2.05) is 0 Å². The summed E-state index contributed by atoms with van der Waals surface area (Å²) in [6.45, 7) is 7.29. The Morgan fingerprint density at radius 2 is 1.86 bits per heavy atom. The van der Waals surface area contributed by atoms with Crippen LogP contribution in [0.25, 0.3) is 0 Å². The third-order valence-electron chi connectivity index (χ3n) is 1.78. The van der Waals surface area contributed by atoms with E-state index in [4.69, 9.17) is 14.6 Å². The van der Waals surface area contributed by atoms with Crippen molar-refractivity contribution in [3.05, 3.63) is 0 Å². The van der Waals surface area contributed by atoms with E-state index in [2.05, 4.69) is 13.8 Å². The Labute approximate surface area is 85.2 Å². The molecule has 4 nitrogen and oxygen atoms in total. The molecule has 84 valence electrons. The van der Waals surface area contributed by atoms with Gasteiger partial charge < -0.3 is 14.6 Å². The van der Waals surface area contributed by atoms with Gasteiger partial charge in [-0.1, -0.05) is 13.8 Å². The van der Waals surface area contributed by atoms with Crippen LogP contribution in [-0.4, -0.2) is 37.0 Å². The Balaban J connectivity index is 3.17. The maximum atomic E-state index is 10.3. The van der Waals surface area contributed by atoms with Crippen molar-refractivity contribution in [2.75, 3.05) is 19.8 Å². The molecule has 0 saturated carbocycles. The first-order valence-electron chi connectivity index (χ1n) is 4.96. The van der Waals surface area contributed by atoms with Crippen molar-refractivity contribution in [1.82, 2.24) is 0 Å². The van der Waals surface area contributed by atoms with Gasteiger partial charge in [-0.25, -0.2) is 4.79 Å². The molecule has 1 atom stereocenters. The molecule has 0 amide bonds. The first-order chi connectivity index (χ1) is 6.54. The first kappa shape index (κ1) is 13.4. The first-order valence-corrected chi connectivity index (χ1v) is 4.96. The molecule has 0 saturated heterocycles. The molecule has 14 heavy (non-hydrogen) atoms. The zero-order valence-electron chi connectivity index (χ0n) is 9.16. The van der Waals surface area contributed by atoms with Gasteiger partial charge in [0.25, 0.3) is 0 Å². The van der Waals surface area contributed by atoms with Crippen LogP contribution in [0.3, 0.4) is 0 Å². The number of carbonyl (C=O) groups is 1. The summed E-state index contributed by atoms with van der Waals surface area (Å²) >= 11 is 0. The van der Waals surface area contributed by atoms with E-state index in [0.717, 1.165) is 6.42 Å². The zero-order valence-corrected chi connectivity index (χ0v) is 9.16. The van der Waals surface area contributed by atoms with Gasteiger partial charge >= 0.3 is 5.97 Å². The van der Waals surface area contributed by atoms with E-state index >= 15 is 0 Å². The fourth-order valence-corrected chi connectivity index (χ4v) is 0.776. The van der Waals surface area contributed by atoms with Crippen LogP contribution in [0.1, 0.15) is 27.2 Å². The Kier molecular flexibility index (Phi) is 7.42. The fraction of sp³-hybridized carbons (Fsp3) is 0.900. The highest BCUT2D eigenvalue weighted by atomic mass is 16.5. The summed E-state index contributed by atoms with van der Waals surface area (Å²) in [6, 6.07) is 0. The summed E-state index contributed by atoms with van der Waals surface area (Å²) in [5.74, 6) is -0.305. The van der Waals surface area contributed by atoms with Crippen molar-refractivity contribution >= 4 is 5.97 Å². The Bertz CT molecular complexity index is 156. The highest BCUT2D eigenvalue weighted by Crippen LogP contribution is 1.98. The van der Waals surface area contributed by atoms with Gasteiger partial charge in [-0.3, -0.25) is 0 Å². The lowest BCUT2D eigenvalue weighted by Crippen LogP contribution is -2.22. The zero-order chi connectivity index (χ0) is 11.0. The lowest BCUT2D eigenvalue weighted by atomic mass is 10.1. The van der Waals surface area contributed by atoms with Crippen LogP contribution in [0, 0.1) is 5.92 Å². The van der Waals surface area contributed by atoms with Crippen molar-refractivity contribution in [3.63, 3.8) is 0 Å². The maximum Gasteiger partial charge on any atom is 0.332 e. The summed E-state index contributed by atoms with van der Waals surface area (Å²) in [7, 11) is 0. The van der Waals surface area contributed by atoms with Crippen molar-refractivity contribution in [2.45, 2.75) is 33.3 Å². The van der Waals surface area contributed by atoms with Gasteiger partial charge in [-0.15, -0.1) is 0 Å². The van der Waals surface area contributed by atoms with E-state index in [0.29, 0.717) is 25.7 Å². The molecule has 0 heterocycles. The third kappa shape index (κ3) is 8.01. The molecule has 0 aliphatic heterocycles.